The molecule has 28 heavy (non-hydrogen) atoms. The lowest BCUT2D eigenvalue weighted by atomic mass is 10.1. The summed E-state index contributed by atoms with van der Waals surface area (Å²) in [5, 5.41) is 0.895. The number of thiazole rings is 1. The third-order valence-corrected chi connectivity index (χ3v) is 5.89. The number of ether oxygens (including phenoxy) is 2. The Morgan fingerprint density at radius 1 is 1.07 bits per heavy atom. The van der Waals surface area contributed by atoms with E-state index in [0.717, 1.165) is 20.8 Å². The minimum atomic E-state index is -0.0928. The Hall–Kier alpha value is -2.70. The Bertz CT molecular complexity index is 1110. The van der Waals surface area contributed by atoms with Crippen LogP contribution < -0.4 is 9.47 Å². The molecule has 1 heterocycles. The summed E-state index contributed by atoms with van der Waals surface area (Å²) >= 11 is 5.16. The van der Waals surface area contributed by atoms with Crippen LogP contribution in [0.15, 0.2) is 71.2 Å². The van der Waals surface area contributed by atoms with Crippen molar-refractivity contribution < 1.29 is 14.3 Å². The molecule has 0 N–H and O–H groups in total. The molecule has 0 atom stereocenters. The highest BCUT2D eigenvalue weighted by atomic mass is 79.9. The summed E-state index contributed by atoms with van der Waals surface area (Å²) in [6.45, 7) is -0.0700. The van der Waals surface area contributed by atoms with Gasteiger partial charge in [-0.2, -0.15) is 0 Å². The molecule has 0 spiro atoms. The van der Waals surface area contributed by atoms with E-state index >= 15 is 0 Å². The molecule has 140 valence electrons. The average molecular weight is 454 g/mol. The zero-order valence-electron chi connectivity index (χ0n) is 15.0. The van der Waals surface area contributed by atoms with Crippen molar-refractivity contribution in [2.24, 2.45) is 0 Å². The van der Waals surface area contributed by atoms with Gasteiger partial charge in [-0.15, -0.1) is 11.3 Å². The van der Waals surface area contributed by atoms with Crippen LogP contribution in [-0.2, 0) is 0 Å². The Kier molecular flexibility index (Phi) is 5.41. The van der Waals surface area contributed by atoms with E-state index in [1.165, 1.54) is 0 Å². The Morgan fingerprint density at radius 3 is 2.57 bits per heavy atom. The van der Waals surface area contributed by atoms with Gasteiger partial charge in [0.1, 0.15) is 5.01 Å². The van der Waals surface area contributed by atoms with Gasteiger partial charge in [0, 0.05) is 11.1 Å². The van der Waals surface area contributed by atoms with Crippen LogP contribution in [0.5, 0.6) is 11.5 Å². The molecule has 0 radical (unpaired) electrons. The number of para-hydroxylation sites is 1. The highest BCUT2D eigenvalue weighted by molar-refractivity contribution is 9.10. The van der Waals surface area contributed by atoms with Crippen molar-refractivity contribution in [3.63, 3.8) is 0 Å². The van der Waals surface area contributed by atoms with Gasteiger partial charge in [0.2, 0.25) is 0 Å². The van der Waals surface area contributed by atoms with E-state index in [4.69, 9.17) is 14.5 Å². The molecule has 0 saturated carbocycles. The molecule has 0 fully saturated rings. The zero-order valence-corrected chi connectivity index (χ0v) is 17.4. The van der Waals surface area contributed by atoms with Crippen molar-refractivity contribution in [2.45, 2.75) is 0 Å². The molecule has 4 nitrogen and oxygen atoms in total. The number of carbonyl (C=O) groups excluding carboxylic acids is 1. The summed E-state index contributed by atoms with van der Waals surface area (Å²) < 4.78 is 13.1. The molecule has 3 aromatic carbocycles. The smallest absolute Gasteiger partial charge is 0.200 e. The van der Waals surface area contributed by atoms with Crippen molar-refractivity contribution in [3.8, 4) is 22.1 Å². The third-order valence-electron chi connectivity index (χ3n) is 4.21. The first-order valence-electron chi connectivity index (χ1n) is 8.60. The van der Waals surface area contributed by atoms with E-state index in [2.05, 4.69) is 22.0 Å². The summed E-state index contributed by atoms with van der Waals surface area (Å²) in [6, 6.07) is 20.9. The molecule has 4 rings (SSSR count). The van der Waals surface area contributed by atoms with Gasteiger partial charge in [-0.25, -0.2) is 4.98 Å². The van der Waals surface area contributed by atoms with Crippen LogP contribution in [0.3, 0.4) is 0 Å². The second-order valence-corrected chi connectivity index (χ2v) is 7.94. The molecule has 6 heteroatoms. The highest BCUT2D eigenvalue weighted by Crippen LogP contribution is 2.41. The summed E-state index contributed by atoms with van der Waals surface area (Å²) in [6.07, 6.45) is 0. The summed E-state index contributed by atoms with van der Waals surface area (Å²) in [7, 11) is 1.58. The molecule has 0 aliphatic heterocycles. The number of carbonyl (C=O) groups is 1. The summed E-state index contributed by atoms with van der Waals surface area (Å²) in [5.41, 5.74) is 2.50. The highest BCUT2D eigenvalue weighted by Gasteiger charge is 2.16. The topological polar surface area (TPSA) is 48.4 Å². The number of nitrogens with zero attached hydrogens (tertiary/aromatic N) is 1. The minimum Gasteiger partial charge on any atom is -0.493 e. The molecule has 1 aromatic heterocycles. The normalized spacial score (nSPS) is 10.8. The van der Waals surface area contributed by atoms with Gasteiger partial charge in [0.25, 0.3) is 0 Å². The van der Waals surface area contributed by atoms with E-state index in [0.29, 0.717) is 21.5 Å². The number of methoxy groups -OCH3 is 1. The Labute approximate surface area is 174 Å². The number of ketones is 1. The molecule has 0 amide bonds. The fourth-order valence-electron chi connectivity index (χ4n) is 2.82. The monoisotopic (exact) mass is 453 g/mol. The zero-order chi connectivity index (χ0) is 19.5. The maximum absolute atomic E-state index is 12.3. The molecule has 4 aromatic rings. The Morgan fingerprint density at radius 2 is 1.82 bits per heavy atom. The first kappa shape index (κ1) is 18.7. The van der Waals surface area contributed by atoms with Crippen LogP contribution in [-0.4, -0.2) is 24.5 Å². The molecule has 0 aliphatic rings. The van der Waals surface area contributed by atoms with Crippen LogP contribution in [0, 0.1) is 0 Å². The molecule has 0 aliphatic carbocycles. The lowest BCUT2D eigenvalue weighted by molar-refractivity contribution is 0.0919. The first-order chi connectivity index (χ1) is 13.7. The molecule has 0 bridgehead atoms. The van der Waals surface area contributed by atoms with Gasteiger partial charge in [0.15, 0.2) is 23.9 Å². The lowest BCUT2D eigenvalue weighted by Crippen LogP contribution is -2.12. The maximum atomic E-state index is 12.3. The SMILES string of the molecule is COc1cc(-c2nc3ccccc3s2)cc(Br)c1OCC(=O)c1ccccc1. The van der Waals surface area contributed by atoms with Crippen LogP contribution in [0.2, 0.25) is 0 Å². The van der Waals surface area contributed by atoms with Gasteiger partial charge in [-0.3, -0.25) is 4.79 Å². The number of aromatic nitrogens is 1. The van der Waals surface area contributed by atoms with Gasteiger partial charge in [-0.1, -0.05) is 42.5 Å². The van der Waals surface area contributed by atoms with Crippen LogP contribution >= 0.6 is 27.3 Å². The third kappa shape index (κ3) is 3.79. The van der Waals surface area contributed by atoms with Gasteiger partial charge in [0.05, 0.1) is 21.8 Å². The number of hydrogen-bond acceptors (Lipinski definition) is 5. The number of fused-ring (bicyclic) bond motifs is 1. The molecule has 0 saturated heterocycles. The Balaban J connectivity index is 1.61. The number of hydrogen-bond donors (Lipinski definition) is 0. The predicted molar refractivity (Wildman–Crippen MR) is 116 cm³/mol. The predicted octanol–water partition coefficient (Wildman–Crippen LogP) is 6.00. The number of Topliss-reactive ketones (excluding diaryl/α,β-unsaturated/α-hetero) is 1. The summed E-state index contributed by atoms with van der Waals surface area (Å²) in [4.78, 5) is 17.0. The fraction of sp³-hybridized carbons (Fsp3) is 0.0909. The number of benzene rings is 3. The second kappa shape index (κ2) is 8.12. The quantitative estimate of drug-likeness (QED) is 0.336. The van der Waals surface area contributed by atoms with Gasteiger partial charge in [-0.05, 0) is 40.2 Å². The first-order valence-corrected chi connectivity index (χ1v) is 10.2. The van der Waals surface area contributed by atoms with Crippen molar-refractivity contribution in [1.29, 1.82) is 0 Å². The van der Waals surface area contributed by atoms with E-state index in [9.17, 15) is 4.79 Å². The number of rotatable bonds is 6. The number of halogens is 1. The van der Waals surface area contributed by atoms with Crippen molar-refractivity contribution in [3.05, 3.63) is 76.8 Å². The second-order valence-electron chi connectivity index (χ2n) is 6.05. The fourth-order valence-corrected chi connectivity index (χ4v) is 4.33. The standard InChI is InChI=1S/C22H16BrNO3S/c1-26-19-12-15(22-24-17-9-5-6-10-20(17)28-22)11-16(23)21(19)27-13-18(25)14-7-3-2-4-8-14/h2-12H,13H2,1H3. The van der Waals surface area contributed by atoms with E-state index in [1.807, 2.05) is 48.5 Å². The van der Waals surface area contributed by atoms with Gasteiger partial charge < -0.3 is 9.47 Å². The van der Waals surface area contributed by atoms with E-state index in [1.54, 1.807) is 30.6 Å². The minimum absolute atomic E-state index is 0.0700. The lowest BCUT2D eigenvalue weighted by Gasteiger charge is -2.13. The van der Waals surface area contributed by atoms with Crippen LogP contribution in [0.4, 0.5) is 0 Å². The molecular weight excluding hydrogens is 438 g/mol. The van der Waals surface area contributed by atoms with Crippen molar-refractivity contribution in [2.75, 3.05) is 13.7 Å². The van der Waals surface area contributed by atoms with E-state index in [-0.39, 0.29) is 12.4 Å². The average Bonchev–Trinajstić information content (AvgIpc) is 3.17. The van der Waals surface area contributed by atoms with E-state index < -0.39 is 0 Å². The van der Waals surface area contributed by atoms with Crippen molar-refractivity contribution in [1.82, 2.24) is 4.98 Å². The summed E-state index contributed by atoms with van der Waals surface area (Å²) in [5.74, 6) is 0.950. The van der Waals surface area contributed by atoms with Crippen LogP contribution in [0.25, 0.3) is 20.8 Å². The maximum Gasteiger partial charge on any atom is 0.200 e. The van der Waals surface area contributed by atoms with Crippen molar-refractivity contribution >= 4 is 43.3 Å². The van der Waals surface area contributed by atoms with Gasteiger partial charge >= 0.3 is 0 Å². The van der Waals surface area contributed by atoms with Crippen LogP contribution in [0.1, 0.15) is 10.4 Å². The largest absolute Gasteiger partial charge is 0.493 e. The molecular formula is C22H16BrNO3S. The molecule has 0 unspecified atom stereocenters.